The number of piperazine rings is 1. The normalized spacial score (nSPS) is 19.2. The van der Waals surface area contributed by atoms with Crippen LogP contribution in [0.1, 0.15) is 88.0 Å². The molecule has 2 aromatic carbocycles. The summed E-state index contributed by atoms with van der Waals surface area (Å²) in [5, 5.41) is 13.5. The molecule has 4 aliphatic heterocycles. The van der Waals surface area contributed by atoms with Crippen LogP contribution in [0.4, 0.5) is 15.3 Å². The number of benzene rings is 2. The third kappa shape index (κ3) is 11.6. The molecule has 1 atom stereocenters. The van der Waals surface area contributed by atoms with Gasteiger partial charge in [0.1, 0.15) is 5.75 Å². The average Bonchev–Trinajstić information content (AvgIpc) is 3.38. The SMILES string of the molecule is C.CCCCOC(=O)CCCN1CCC(N2CCN(C(=O)[C@@H](Cc3cc(C)c(O)c(C)c3)OC(=O)N3CCC(N4CCc5ccccc5NC4=O)CC3)CC2)CC1. The van der Waals surface area contributed by atoms with E-state index in [9.17, 15) is 24.3 Å². The van der Waals surface area contributed by atoms with Crippen molar-refractivity contribution in [1.29, 1.82) is 0 Å². The average molecular weight is 791 g/mol. The van der Waals surface area contributed by atoms with Gasteiger partial charge < -0.3 is 39.5 Å². The van der Waals surface area contributed by atoms with Crippen molar-refractivity contribution < 1.29 is 33.8 Å². The minimum atomic E-state index is -1.00. The lowest BCUT2D eigenvalue weighted by molar-refractivity contribution is -0.144. The number of ether oxygens (including phenoxy) is 2. The Bertz CT molecular complexity index is 1640. The highest BCUT2D eigenvalue weighted by atomic mass is 16.6. The van der Waals surface area contributed by atoms with Crippen LogP contribution < -0.4 is 5.32 Å². The van der Waals surface area contributed by atoms with Gasteiger partial charge in [0.2, 0.25) is 0 Å². The van der Waals surface area contributed by atoms with E-state index in [0.717, 1.165) is 88.1 Å². The maximum atomic E-state index is 14.2. The maximum absolute atomic E-state index is 14.2. The molecule has 4 aliphatic rings. The molecule has 3 saturated heterocycles. The number of para-hydroxylation sites is 1. The largest absolute Gasteiger partial charge is 0.507 e. The lowest BCUT2D eigenvalue weighted by Crippen LogP contribution is -2.56. The Labute approximate surface area is 339 Å². The van der Waals surface area contributed by atoms with Crippen molar-refractivity contribution in [3.63, 3.8) is 0 Å². The molecule has 0 aromatic heterocycles. The number of urea groups is 1. The van der Waals surface area contributed by atoms with E-state index in [1.807, 2.05) is 60.0 Å². The van der Waals surface area contributed by atoms with Gasteiger partial charge in [-0.3, -0.25) is 14.5 Å². The number of likely N-dealkylation sites (tertiary alicyclic amines) is 2. The zero-order chi connectivity index (χ0) is 39.6. The van der Waals surface area contributed by atoms with Gasteiger partial charge in [-0.1, -0.05) is 51.1 Å². The number of unbranched alkanes of at least 4 members (excludes halogenated alkanes) is 1. The number of carbonyl (C=O) groups excluding carboxylic acids is 4. The summed E-state index contributed by atoms with van der Waals surface area (Å²) in [6.07, 6.45) is 6.05. The number of aromatic hydroxyl groups is 1. The second-order valence-electron chi connectivity index (χ2n) is 16.0. The minimum absolute atomic E-state index is 0. The second kappa shape index (κ2) is 20.9. The number of aryl methyl sites for hydroxylation is 2. The van der Waals surface area contributed by atoms with Crippen LogP contribution in [-0.2, 0) is 31.9 Å². The van der Waals surface area contributed by atoms with Crippen molar-refractivity contribution in [1.82, 2.24) is 24.5 Å². The second-order valence-corrected chi connectivity index (χ2v) is 16.0. The lowest BCUT2D eigenvalue weighted by atomic mass is 10.00. The third-order valence-corrected chi connectivity index (χ3v) is 12.1. The predicted molar refractivity (Wildman–Crippen MR) is 221 cm³/mol. The quantitative estimate of drug-likeness (QED) is 0.186. The molecule has 2 N–H and O–H groups in total. The van der Waals surface area contributed by atoms with Crippen LogP contribution in [0.5, 0.6) is 5.75 Å². The first-order chi connectivity index (χ1) is 27.1. The molecule has 0 bridgehead atoms. The van der Waals surface area contributed by atoms with E-state index in [-0.39, 0.29) is 43.5 Å². The highest BCUT2D eigenvalue weighted by Crippen LogP contribution is 2.27. The van der Waals surface area contributed by atoms with E-state index >= 15 is 0 Å². The fourth-order valence-electron chi connectivity index (χ4n) is 8.72. The van der Waals surface area contributed by atoms with Gasteiger partial charge in [-0.2, -0.15) is 0 Å². The van der Waals surface area contributed by atoms with Crippen LogP contribution in [0.15, 0.2) is 36.4 Å². The smallest absolute Gasteiger partial charge is 0.410 e. The molecule has 0 saturated carbocycles. The van der Waals surface area contributed by atoms with E-state index in [4.69, 9.17) is 9.47 Å². The Kier molecular flexibility index (Phi) is 16.0. The number of hydrogen-bond acceptors (Lipinski definition) is 9. The molecule has 2 aromatic rings. The minimum Gasteiger partial charge on any atom is -0.507 e. The van der Waals surface area contributed by atoms with Gasteiger partial charge in [0.05, 0.1) is 6.61 Å². The molecule has 3 fully saturated rings. The number of anilines is 1. The maximum Gasteiger partial charge on any atom is 0.410 e. The fraction of sp³-hybridized carbons (Fsp3) is 0.636. The molecule has 6 rings (SSSR count). The van der Waals surface area contributed by atoms with Gasteiger partial charge in [-0.25, -0.2) is 9.59 Å². The fourth-order valence-corrected chi connectivity index (χ4v) is 8.72. The number of rotatable bonds is 13. The van der Waals surface area contributed by atoms with Gasteiger partial charge in [0.25, 0.3) is 5.91 Å². The molecule has 13 heteroatoms. The molecule has 4 heterocycles. The monoisotopic (exact) mass is 790 g/mol. The summed E-state index contributed by atoms with van der Waals surface area (Å²) in [4.78, 5) is 63.4. The van der Waals surface area contributed by atoms with Crippen LogP contribution >= 0.6 is 0 Å². The van der Waals surface area contributed by atoms with Gasteiger partial charge in [0.15, 0.2) is 6.10 Å². The van der Waals surface area contributed by atoms with Crippen molar-refractivity contribution in [3.05, 3.63) is 58.7 Å². The van der Waals surface area contributed by atoms with E-state index in [0.29, 0.717) is 75.8 Å². The Balaban J connectivity index is 0.00000620. The number of phenols is 1. The number of nitrogens with one attached hydrogen (secondary N) is 1. The lowest BCUT2D eigenvalue weighted by Gasteiger charge is -2.43. The van der Waals surface area contributed by atoms with Crippen LogP contribution in [0, 0.1) is 13.8 Å². The molecule has 0 radical (unpaired) electrons. The predicted octanol–water partition coefficient (Wildman–Crippen LogP) is 5.98. The summed E-state index contributed by atoms with van der Waals surface area (Å²) in [6, 6.07) is 11.9. The summed E-state index contributed by atoms with van der Waals surface area (Å²) in [5.41, 5.74) is 4.22. The van der Waals surface area contributed by atoms with Gasteiger partial charge in [0, 0.05) is 76.4 Å². The first kappa shape index (κ1) is 43.8. The number of amides is 4. The van der Waals surface area contributed by atoms with Crippen LogP contribution in [-0.4, -0.2) is 144 Å². The third-order valence-electron chi connectivity index (χ3n) is 12.1. The van der Waals surface area contributed by atoms with Gasteiger partial charge >= 0.3 is 18.1 Å². The molecule has 0 unspecified atom stereocenters. The number of carbonyl (C=O) groups is 4. The highest BCUT2D eigenvalue weighted by Gasteiger charge is 2.36. The molecule has 0 spiro atoms. The molecular formula is C44H66N6O7. The Morgan fingerprint density at radius 1 is 0.860 bits per heavy atom. The number of phenolic OH excluding ortho intramolecular Hbond substituents is 1. The number of fused-ring (bicyclic) bond motifs is 1. The van der Waals surface area contributed by atoms with Gasteiger partial charge in [-0.05, 0) is 107 Å². The molecule has 314 valence electrons. The summed E-state index contributed by atoms with van der Waals surface area (Å²) >= 11 is 0. The number of hydrogen-bond donors (Lipinski definition) is 2. The van der Waals surface area contributed by atoms with Crippen molar-refractivity contribution >= 4 is 29.7 Å². The molecule has 57 heavy (non-hydrogen) atoms. The van der Waals surface area contributed by atoms with Crippen molar-refractivity contribution in [2.45, 2.75) is 111 Å². The molecule has 0 aliphatic carbocycles. The molecule has 4 amide bonds. The highest BCUT2D eigenvalue weighted by molar-refractivity contribution is 5.91. The van der Waals surface area contributed by atoms with Crippen LogP contribution in [0.2, 0.25) is 0 Å². The van der Waals surface area contributed by atoms with E-state index < -0.39 is 12.2 Å². The Morgan fingerprint density at radius 3 is 2.21 bits per heavy atom. The van der Waals surface area contributed by atoms with E-state index in [1.54, 1.807) is 4.90 Å². The van der Waals surface area contributed by atoms with Crippen LogP contribution in [0.3, 0.4) is 0 Å². The number of esters is 1. The zero-order valence-electron chi connectivity index (χ0n) is 33.7. The first-order valence-electron chi connectivity index (χ1n) is 20.9. The number of piperidine rings is 2. The molecule has 13 nitrogen and oxygen atoms in total. The number of nitrogens with zero attached hydrogens (tertiary/aromatic N) is 5. The topological polar surface area (TPSA) is 135 Å². The van der Waals surface area contributed by atoms with Crippen molar-refractivity contribution in [2.24, 2.45) is 0 Å². The Morgan fingerprint density at radius 2 is 1.53 bits per heavy atom. The summed E-state index contributed by atoms with van der Waals surface area (Å²) in [7, 11) is 0. The molecular weight excluding hydrogens is 725 g/mol. The van der Waals surface area contributed by atoms with E-state index in [2.05, 4.69) is 22.0 Å². The van der Waals surface area contributed by atoms with Crippen LogP contribution in [0.25, 0.3) is 0 Å². The summed E-state index contributed by atoms with van der Waals surface area (Å²) in [6.45, 7) is 13.3. The van der Waals surface area contributed by atoms with Crippen molar-refractivity contribution in [2.75, 3.05) is 77.4 Å². The van der Waals surface area contributed by atoms with E-state index in [1.165, 1.54) is 0 Å². The first-order valence-corrected chi connectivity index (χ1v) is 20.9. The van der Waals surface area contributed by atoms with Gasteiger partial charge in [-0.15, -0.1) is 0 Å². The zero-order valence-corrected chi connectivity index (χ0v) is 33.7. The summed E-state index contributed by atoms with van der Waals surface area (Å²) < 4.78 is 11.4. The summed E-state index contributed by atoms with van der Waals surface area (Å²) in [5.74, 6) is -0.0684. The van der Waals surface area contributed by atoms with Crippen molar-refractivity contribution in [3.8, 4) is 5.75 Å². The Hall–Kier alpha value is -4.36. The standard InChI is InChI=1S/C43H62N6O7.CH4/c1-4-5-27-55-39(50)11-8-17-45-18-13-35(14-19-45)46-23-25-47(26-24-46)41(52)38(30-33-28-31(2)40(51)32(3)29-33)56-43(54)48-20-15-36(16-21-48)49-22-12-34-9-6-7-10-37(34)44-42(49)53;/h6-7,9-10,28-29,35-36,38,51H,4-5,8,11-27,30H2,1-3H3,(H,44,53);1H4/t38-;/m1./s1.